The van der Waals surface area contributed by atoms with Crippen LogP contribution in [0.25, 0.3) is 0 Å². The maximum atomic E-state index is 12.7. The van der Waals surface area contributed by atoms with Crippen LogP contribution in [0.5, 0.6) is 0 Å². The molecule has 0 radical (unpaired) electrons. The maximum absolute atomic E-state index is 12.7. The van der Waals surface area contributed by atoms with Gasteiger partial charge >= 0.3 is 0 Å². The van der Waals surface area contributed by atoms with Gasteiger partial charge in [-0.3, -0.25) is 14.3 Å². The summed E-state index contributed by atoms with van der Waals surface area (Å²) < 4.78 is 1.68. The number of rotatable bonds is 5. The molecular weight excluding hydrogens is 378 g/mol. The molecule has 2 aromatic rings. The monoisotopic (exact) mass is 403 g/mol. The molecule has 0 unspecified atom stereocenters. The Hall–Kier alpha value is -2.88. The first-order valence-electron chi connectivity index (χ1n) is 8.99. The summed E-state index contributed by atoms with van der Waals surface area (Å²) in [7, 11) is 5.23. The lowest BCUT2D eigenvalue weighted by molar-refractivity contribution is -0.127. The fraction of sp³-hybridized carbons (Fsp3) is 0.444. The van der Waals surface area contributed by atoms with Crippen LogP contribution in [-0.2, 0) is 23.2 Å². The number of likely N-dealkylation sites (N-methyl/N-ethyl adjacent to an activating group) is 1. The molecule has 1 fully saturated rings. The highest BCUT2D eigenvalue weighted by atomic mass is 32.1. The molecule has 0 aromatic carbocycles. The van der Waals surface area contributed by atoms with Gasteiger partial charge in [0, 0.05) is 45.3 Å². The number of hydrogen-bond acceptors (Lipinski definition) is 5. The van der Waals surface area contributed by atoms with Gasteiger partial charge in [-0.25, -0.2) is 4.99 Å². The normalized spacial score (nSPS) is 15.1. The number of aliphatic imine (C=N–C) groups is 1. The highest BCUT2D eigenvalue weighted by Gasteiger charge is 2.28. The topological polar surface area (TPSA) is 86.1 Å². The summed E-state index contributed by atoms with van der Waals surface area (Å²) in [6.45, 7) is 1.99. The molecule has 2 amide bonds. The summed E-state index contributed by atoms with van der Waals surface area (Å²) in [5.41, 5.74) is 0.792. The number of hydrogen-bond donors (Lipinski definition) is 1. The number of aromatic nitrogens is 2. The first-order chi connectivity index (χ1) is 13.4. The van der Waals surface area contributed by atoms with Crippen molar-refractivity contribution < 1.29 is 9.59 Å². The lowest BCUT2D eigenvalue weighted by Crippen LogP contribution is -2.55. The number of carbonyl (C=O) groups excluding carboxylic acids is 2. The number of carbonyl (C=O) groups is 2. The zero-order valence-corrected chi connectivity index (χ0v) is 17.1. The third kappa shape index (κ3) is 4.89. The quantitative estimate of drug-likeness (QED) is 0.576. The van der Waals surface area contributed by atoms with Crippen molar-refractivity contribution >= 4 is 34.8 Å². The Morgan fingerprint density at radius 3 is 2.82 bits per heavy atom. The van der Waals surface area contributed by atoms with Crippen LogP contribution < -0.4 is 10.2 Å². The zero-order chi connectivity index (χ0) is 20.1. The second-order valence-corrected chi connectivity index (χ2v) is 7.73. The van der Waals surface area contributed by atoms with Crippen molar-refractivity contribution in [3.63, 3.8) is 0 Å². The van der Waals surface area contributed by atoms with E-state index in [1.807, 2.05) is 35.7 Å². The van der Waals surface area contributed by atoms with Crippen molar-refractivity contribution in [3.8, 4) is 0 Å². The third-order valence-corrected chi connectivity index (χ3v) is 5.26. The van der Waals surface area contributed by atoms with Gasteiger partial charge in [-0.05, 0) is 11.4 Å². The molecule has 10 heteroatoms. The van der Waals surface area contributed by atoms with Gasteiger partial charge in [-0.2, -0.15) is 5.10 Å². The largest absolute Gasteiger partial charge is 0.351 e. The average Bonchev–Trinajstić information content (AvgIpc) is 3.33. The summed E-state index contributed by atoms with van der Waals surface area (Å²) in [5.74, 6) is 0.461. The fourth-order valence-electron chi connectivity index (χ4n) is 2.81. The molecule has 1 aliphatic heterocycles. The first kappa shape index (κ1) is 19.9. The van der Waals surface area contributed by atoms with Gasteiger partial charge in [0.05, 0.1) is 18.4 Å². The average molecular weight is 404 g/mol. The predicted molar refractivity (Wildman–Crippen MR) is 109 cm³/mol. The standard InChI is InChI=1S/C18H25N7O2S/c1-22(2)16(26)11-20-18(19-10-15-5-4-8-28-15)24-6-7-25(17(27)13-24)14-9-21-23(3)12-14/h4-5,8-9,12H,6-7,10-11,13H2,1-3H3,(H,19,20). The van der Waals surface area contributed by atoms with Gasteiger partial charge in [-0.1, -0.05) is 6.07 Å². The van der Waals surface area contributed by atoms with Crippen LogP contribution in [0.1, 0.15) is 4.88 Å². The van der Waals surface area contributed by atoms with Crippen LogP contribution in [0.3, 0.4) is 0 Å². The van der Waals surface area contributed by atoms with Crippen LogP contribution in [0.15, 0.2) is 34.9 Å². The van der Waals surface area contributed by atoms with Gasteiger partial charge in [-0.15, -0.1) is 11.3 Å². The van der Waals surface area contributed by atoms with Crippen molar-refractivity contribution in [1.29, 1.82) is 0 Å². The number of thiophene rings is 1. The summed E-state index contributed by atoms with van der Waals surface area (Å²) in [5, 5.41) is 9.44. The Kier molecular flexibility index (Phi) is 6.30. The van der Waals surface area contributed by atoms with E-state index in [1.54, 1.807) is 41.2 Å². The molecule has 28 heavy (non-hydrogen) atoms. The fourth-order valence-corrected chi connectivity index (χ4v) is 3.45. The van der Waals surface area contributed by atoms with Crippen LogP contribution >= 0.6 is 11.3 Å². The SMILES string of the molecule is CN(C)C(=O)CN=C(NCc1cccs1)N1CCN(c2cnn(C)c2)C(=O)C1. The molecule has 150 valence electrons. The number of piperazine rings is 1. The van der Waals surface area contributed by atoms with E-state index in [2.05, 4.69) is 15.4 Å². The molecule has 0 saturated carbocycles. The van der Waals surface area contributed by atoms with Gasteiger partial charge in [0.1, 0.15) is 13.1 Å². The molecule has 9 nitrogen and oxygen atoms in total. The van der Waals surface area contributed by atoms with Gasteiger partial charge in [0.2, 0.25) is 11.8 Å². The molecule has 0 bridgehead atoms. The number of nitrogens with zero attached hydrogens (tertiary/aromatic N) is 6. The molecule has 0 aliphatic carbocycles. The van der Waals surface area contributed by atoms with Crippen molar-refractivity contribution in [2.45, 2.75) is 6.54 Å². The van der Waals surface area contributed by atoms with Crippen molar-refractivity contribution in [2.24, 2.45) is 12.0 Å². The highest BCUT2D eigenvalue weighted by Crippen LogP contribution is 2.16. The second-order valence-electron chi connectivity index (χ2n) is 6.70. The van der Waals surface area contributed by atoms with Crippen molar-refractivity contribution in [3.05, 3.63) is 34.8 Å². The Bertz CT molecular complexity index is 844. The summed E-state index contributed by atoms with van der Waals surface area (Å²) in [6.07, 6.45) is 3.51. The summed E-state index contributed by atoms with van der Waals surface area (Å²) in [4.78, 5) is 35.4. The molecular formula is C18H25N7O2S. The summed E-state index contributed by atoms with van der Waals surface area (Å²) in [6, 6.07) is 4.02. The van der Waals surface area contributed by atoms with E-state index < -0.39 is 0 Å². The number of guanidine groups is 1. The van der Waals surface area contributed by atoms with Crippen LogP contribution in [-0.4, -0.2) is 77.6 Å². The van der Waals surface area contributed by atoms with E-state index in [4.69, 9.17) is 0 Å². The van der Waals surface area contributed by atoms with E-state index >= 15 is 0 Å². The smallest absolute Gasteiger partial charge is 0.246 e. The third-order valence-electron chi connectivity index (χ3n) is 4.39. The van der Waals surface area contributed by atoms with E-state index in [9.17, 15) is 9.59 Å². The van der Waals surface area contributed by atoms with E-state index in [0.29, 0.717) is 25.6 Å². The maximum Gasteiger partial charge on any atom is 0.246 e. The Morgan fingerprint density at radius 2 is 2.21 bits per heavy atom. The molecule has 0 atom stereocenters. The first-order valence-corrected chi connectivity index (χ1v) is 9.87. The highest BCUT2D eigenvalue weighted by molar-refractivity contribution is 7.09. The van der Waals surface area contributed by atoms with Gasteiger partial charge in [0.25, 0.3) is 0 Å². The van der Waals surface area contributed by atoms with Gasteiger partial charge < -0.3 is 20.0 Å². The zero-order valence-electron chi connectivity index (χ0n) is 16.3. The predicted octanol–water partition coefficient (Wildman–Crippen LogP) is 0.364. The molecule has 3 heterocycles. The van der Waals surface area contributed by atoms with Gasteiger partial charge in [0.15, 0.2) is 5.96 Å². The minimum atomic E-state index is -0.0873. The molecule has 1 aliphatic rings. The van der Waals surface area contributed by atoms with Crippen LogP contribution in [0.4, 0.5) is 5.69 Å². The minimum absolute atomic E-state index is 0.0243. The van der Waals surface area contributed by atoms with E-state index in [0.717, 1.165) is 10.6 Å². The Balaban J connectivity index is 1.69. The van der Waals surface area contributed by atoms with Crippen molar-refractivity contribution in [1.82, 2.24) is 24.9 Å². The van der Waals surface area contributed by atoms with Crippen LogP contribution in [0.2, 0.25) is 0 Å². The second kappa shape index (κ2) is 8.87. The number of amides is 2. The summed E-state index contributed by atoms with van der Waals surface area (Å²) >= 11 is 1.65. The molecule has 1 saturated heterocycles. The number of anilines is 1. The van der Waals surface area contributed by atoms with E-state index in [-0.39, 0.29) is 24.9 Å². The minimum Gasteiger partial charge on any atom is -0.351 e. The molecule has 2 aromatic heterocycles. The lowest BCUT2D eigenvalue weighted by Gasteiger charge is -2.35. The number of aryl methyl sites for hydroxylation is 1. The number of nitrogens with one attached hydrogen (secondary N) is 1. The lowest BCUT2D eigenvalue weighted by atomic mass is 10.3. The van der Waals surface area contributed by atoms with E-state index in [1.165, 1.54) is 4.90 Å². The van der Waals surface area contributed by atoms with Crippen molar-refractivity contribution in [2.75, 3.05) is 45.2 Å². The Labute approximate surface area is 168 Å². The Morgan fingerprint density at radius 1 is 1.39 bits per heavy atom. The molecule has 0 spiro atoms. The van der Waals surface area contributed by atoms with Crippen LogP contribution in [0, 0.1) is 0 Å². The molecule has 1 N–H and O–H groups in total. The molecule has 3 rings (SSSR count).